The van der Waals surface area contributed by atoms with Crippen LogP contribution in [-0.2, 0) is 87.5 Å². The zero-order chi connectivity index (χ0) is 44.1. The van der Waals surface area contributed by atoms with Gasteiger partial charge in [-0.3, -0.25) is 38.3 Å². The predicted molar refractivity (Wildman–Crippen MR) is 192 cm³/mol. The Morgan fingerprint density at radius 2 is 1.50 bits per heavy atom. The van der Waals surface area contributed by atoms with Gasteiger partial charge in [0.1, 0.15) is 43.7 Å². The number of ether oxygens (including phenoxy) is 11. The second-order valence-corrected chi connectivity index (χ2v) is 14.4. The number of rotatable bonds is 16. The van der Waals surface area contributed by atoms with Gasteiger partial charge in [0.25, 0.3) is 11.3 Å². The Bertz CT molecular complexity index is 2050. The van der Waals surface area contributed by atoms with E-state index in [4.69, 9.17) is 52.1 Å². The number of fused-ring (bicyclic) bond motifs is 1. The van der Waals surface area contributed by atoms with Crippen molar-refractivity contribution in [1.29, 1.82) is 0 Å². The van der Waals surface area contributed by atoms with E-state index in [2.05, 4.69) is 0 Å². The molecule has 0 radical (unpaired) electrons. The van der Waals surface area contributed by atoms with Gasteiger partial charge in [-0.1, -0.05) is 30.3 Å². The lowest BCUT2D eigenvalue weighted by molar-refractivity contribution is -0.270. The molecule has 1 N–H and O–H groups in total. The van der Waals surface area contributed by atoms with E-state index in [0.29, 0.717) is 11.8 Å². The quantitative estimate of drug-likeness (QED) is 0.179. The fourth-order valence-electron chi connectivity index (χ4n) is 6.99. The number of nitrogens with one attached hydrogen (secondary N) is 1. The molecule has 60 heavy (non-hydrogen) atoms. The standard InChI is InChI=1S/C38H45FN2O19/c1-18(42)50-16-26(54-20(3)44)28(55-21(4)45)31(56-22(5)46)29-25(53-19(2)43)13-38(60-29,35(48)51-15-23-11-9-8-10-12-23)52-17-27-30-32(59-37(6,7)58-30)34(57-27)41-14-24(39)33(47)40-36(41)49/h8-12,14,25-32,34H,13,15-17H2,1-7H3,(H,40,47,49)/t25-,26+,27+,28+,29+,30+,31-,32+,34+,38-/m0/s1. The summed E-state index contributed by atoms with van der Waals surface area (Å²) in [7, 11) is 0. The van der Waals surface area contributed by atoms with Gasteiger partial charge in [0, 0.05) is 34.6 Å². The van der Waals surface area contributed by atoms with Crippen LogP contribution in [0.4, 0.5) is 4.39 Å². The van der Waals surface area contributed by atoms with Gasteiger partial charge >= 0.3 is 41.5 Å². The van der Waals surface area contributed by atoms with E-state index in [-0.39, 0.29) is 6.61 Å². The van der Waals surface area contributed by atoms with E-state index in [1.54, 1.807) is 44.2 Å². The maximum atomic E-state index is 14.5. The van der Waals surface area contributed by atoms with E-state index in [1.165, 1.54) is 0 Å². The number of hydrogen-bond acceptors (Lipinski definition) is 19. The first-order valence-corrected chi connectivity index (χ1v) is 18.6. The molecule has 4 heterocycles. The molecule has 10 atom stereocenters. The first-order chi connectivity index (χ1) is 28.2. The Hall–Kier alpha value is -5.55. The van der Waals surface area contributed by atoms with E-state index >= 15 is 0 Å². The number of H-pyrrole nitrogens is 1. The van der Waals surface area contributed by atoms with Crippen molar-refractivity contribution in [3.05, 3.63) is 68.7 Å². The van der Waals surface area contributed by atoms with E-state index in [0.717, 1.165) is 39.2 Å². The summed E-state index contributed by atoms with van der Waals surface area (Å²) in [6.07, 6.45) is -13.5. The summed E-state index contributed by atoms with van der Waals surface area (Å²) in [4.78, 5) is 103. The third-order valence-electron chi connectivity index (χ3n) is 9.19. The van der Waals surface area contributed by atoms with Crippen molar-refractivity contribution in [2.75, 3.05) is 13.2 Å². The summed E-state index contributed by atoms with van der Waals surface area (Å²) < 4.78 is 78.8. The largest absolute Gasteiger partial charge is 0.462 e. The second-order valence-electron chi connectivity index (χ2n) is 14.4. The first-order valence-electron chi connectivity index (χ1n) is 18.6. The minimum Gasteiger partial charge on any atom is -0.462 e. The van der Waals surface area contributed by atoms with Crippen LogP contribution in [0.2, 0.25) is 0 Å². The lowest BCUT2D eigenvalue weighted by Crippen LogP contribution is -2.55. The highest BCUT2D eigenvalue weighted by Crippen LogP contribution is 2.45. The van der Waals surface area contributed by atoms with Gasteiger partial charge in [-0.2, -0.15) is 4.39 Å². The van der Waals surface area contributed by atoms with Crippen molar-refractivity contribution < 1.29 is 85.3 Å². The number of carbonyl (C=O) groups excluding carboxylic acids is 6. The Balaban J connectivity index is 1.56. The number of hydrogen-bond donors (Lipinski definition) is 1. The maximum absolute atomic E-state index is 14.5. The molecule has 0 unspecified atom stereocenters. The number of aromatic nitrogens is 2. The number of benzene rings is 1. The van der Waals surface area contributed by atoms with Crippen LogP contribution in [0, 0.1) is 5.82 Å². The molecule has 1 aromatic carbocycles. The van der Waals surface area contributed by atoms with Crippen LogP contribution in [0.15, 0.2) is 46.1 Å². The summed E-state index contributed by atoms with van der Waals surface area (Å²) >= 11 is 0. The zero-order valence-corrected chi connectivity index (χ0v) is 33.6. The maximum Gasteiger partial charge on any atom is 0.367 e. The lowest BCUT2D eigenvalue weighted by Gasteiger charge is -2.36. The highest BCUT2D eigenvalue weighted by atomic mass is 19.1. The zero-order valence-electron chi connectivity index (χ0n) is 33.6. The molecule has 2 aromatic rings. The predicted octanol–water partition coefficient (Wildman–Crippen LogP) is 0.628. The average Bonchev–Trinajstić information content (AvgIpc) is 3.79. The molecule has 0 spiro atoms. The molecule has 0 aliphatic carbocycles. The number of nitrogens with zero attached hydrogens (tertiary/aromatic N) is 1. The summed E-state index contributed by atoms with van der Waals surface area (Å²) in [5.41, 5.74) is -1.77. The normalized spacial score (nSPS) is 26.8. The molecular formula is C38H45FN2O19. The number of halogens is 1. The highest BCUT2D eigenvalue weighted by molar-refractivity contribution is 5.79. The molecule has 21 nitrogen and oxygen atoms in total. The molecule has 22 heteroatoms. The molecule has 1 aromatic heterocycles. The van der Waals surface area contributed by atoms with E-state index in [9.17, 15) is 42.7 Å². The summed E-state index contributed by atoms with van der Waals surface area (Å²) in [6, 6.07) is 8.44. The smallest absolute Gasteiger partial charge is 0.367 e. The Labute approximate surface area is 340 Å². The van der Waals surface area contributed by atoms with Crippen LogP contribution < -0.4 is 11.2 Å². The molecular weight excluding hydrogens is 807 g/mol. The summed E-state index contributed by atoms with van der Waals surface area (Å²) in [5, 5.41) is 0. The molecule has 0 amide bonds. The Kier molecular flexibility index (Phi) is 14.3. The molecule has 3 aliphatic rings. The third-order valence-corrected chi connectivity index (χ3v) is 9.19. The molecule has 3 fully saturated rings. The van der Waals surface area contributed by atoms with Crippen molar-refractivity contribution in [2.24, 2.45) is 0 Å². The molecule has 5 rings (SSSR count). The average molecular weight is 853 g/mol. The van der Waals surface area contributed by atoms with Crippen LogP contribution >= 0.6 is 0 Å². The molecule has 0 saturated carbocycles. The van der Waals surface area contributed by atoms with Crippen molar-refractivity contribution in [2.45, 2.75) is 128 Å². The molecule has 328 valence electrons. The second kappa shape index (κ2) is 18.8. The van der Waals surface area contributed by atoms with Crippen molar-refractivity contribution in [3.8, 4) is 0 Å². The highest BCUT2D eigenvalue weighted by Gasteiger charge is 2.63. The Morgan fingerprint density at radius 1 is 0.850 bits per heavy atom. The fraction of sp³-hybridized carbons (Fsp3) is 0.579. The first kappa shape index (κ1) is 45.5. The molecule has 3 aliphatic heterocycles. The van der Waals surface area contributed by atoms with Gasteiger partial charge in [0.2, 0.25) is 5.82 Å². The van der Waals surface area contributed by atoms with Crippen molar-refractivity contribution >= 4 is 35.8 Å². The monoisotopic (exact) mass is 852 g/mol. The van der Waals surface area contributed by atoms with Gasteiger partial charge in [-0.25, -0.2) is 9.59 Å². The van der Waals surface area contributed by atoms with Crippen molar-refractivity contribution in [1.82, 2.24) is 9.55 Å². The van der Waals surface area contributed by atoms with Crippen LogP contribution in [0.1, 0.15) is 66.7 Å². The third kappa shape index (κ3) is 11.0. The number of carbonyl (C=O) groups is 6. The molecule has 3 saturated heterocycles. The van der Waals surface area contributed by atoms with Gasteiger partial charge in [0.05, 0.1) is 19.2 Å². The van der Waals surface area contributed by atoms with Gasteiger partial charge < -0.3 is 52.1 Å². The van der Waals surface area contributed by atoms with Crippen LogP contribution in [0.25, 0.3) is 0 Å². The minimum atomic E-state index is -2.57. The lowest BCUT2D eigenvalue weighted by atomic mass is 9.97. The van der Waals surface area contributed by atoms with Crippen LogP contribution in [-0.4, -0.2) is 119 Å². The topological polar surface area (TPSA) is 259 Å². The SMILES string of the molecule is CC(=O)OC[C@@H](OC(C)=O)[C@@H](OC(C)=O)[C@H](OC(C)=O)[C@@H]1O[C@](OC[C@H]2O[C@@H](n3cc(F)c(=O)[nH]c3=O)[C@@H]3OC(C)(C)O[C@@H]32)(C(=O)OCc2ccccc2)C[C@@H]1OC(C)=O. The van der Waals surface area contributed by atoms with Gasteiger partial charge in [-0.15, -0.1) is 0 Å². The van der Waals surface area contributed by atoms with Crippen LogP contribution in [0.3, 0.4) is 0 Å². The van der Waals surface area contributed by atoms with Gasteiger partial charge in [0.15, 0.2) is 30.3 Å². The van der Waals surface area contributed by atoms with Gasteiger partial charge in [-0.05, 0) is 19.4 Å². The fourth-order valence-corrected chi connectivity index (χ4v) is 6.99. The van der Waals surface area contributed by atoms with E-state index in [1.807, 2.05) is 4.98 Å². The molecule has 0 bridgehead atoms. The van der Waals surface area contributed by atoms with E-state index < -0.39 is 139 Å². The minimum absolute atomic E-state index is 0.323. The van der Waals surface area contributed by atoms with Crippen molar-refractivity contribution in [3.63, 3.8) is 0 Å². The Morgan fingerprint density at radius 3 is 2.12 bits per heavy atom. The number of aromatic amines is 1. The van der Waals surface area contributed by atoms with Crippen LogP contribution in [0.5, 0.6) is 0 Å². The summed E-state index contributed by atoms with van der Waals surface area (Å²) in [6.45, 7) is 6.50. The number of esters is 6. The summed E-state index contributed by atoms with van der Waals surface area (Å²) in [5.74, 6) is -11.0.